The van der Waals surface area contributed by atoms with Crippen molar-refractivity contribution in [3.05, 3.63) is 95.9 Å². The molecule has 7 nitrogen and oxygen atoms in total. The fourth-order valence-corrected chi connectivity index (χ4v) is 3.21. The Labute approximate surface area is 204 Å². The topological polar surface area (TPSA) is 94.7 Å². The Morgan fingerprint density at radius 1 is 0.889 bits per heavy atom. The van der Waals surface area contributed by atoms with Gasteiger partial charge >= 0.3 is 12.1 Å². The summed E-state index contributed by atoms with van der Waals surface area (Å²) in [5.41, 5.74) is -1.16. The minimum atomic E-state index is -4.45. The molecular weight excluding hydrogens is 477 g/mol. The predicted molar refractivity (Wildman–Crippen MR) is 122 cm³/mol. The summed E-state index contributed by atoms with van der Waals surface area (Å²) >= 11 is 0. The first-order valence-electron chi connectivity index (χ1n) is 10.8. The van der Waals surface area contributed by atoms with Crippen molar-refractivity contribution in [1.29, 1.82) is 0 Å². The van der Waals surface area contributed by atoms with Crippen LogP contribution in [0.2, 0.25) is 0 Å². The molecule has 0 fully saturated rings. The summed E-state index contributed by atoms with van der Waals surface area (Å²) in [6, 6.07) is 19.8. The van der Waals surface area contributed by atoms with Crippen LogP contribution in [0.25, 0.3) is 11.5 Å². The van der Waals surface area contributed by atoms with Crippen LogP contribution in [-0.2, 0) is 11.0 Å². The Balaban J connectivity index is 1.58. The SMILES string of the molecule is CC(C)(Oc1ccc(OC(c2ccccc2)c2nnc(-c3ccc(C(F)(F)F)cc3)o2)cc1)C(=O)O. The van der Waals surface area contributed by atoms with E-state index in [-0.39, 0.29) is 11.8 Å². The standard InChI is InChI=1S/C26H21F3N2O5/c1-25(2,24(32)33)36-20-14-12-19(13-15-20)34-21(16-6-4-3-5-7-16)23-31-30-22(35-23)17-8-10-18(11-9-17)26(27,28)29/h3-15,21H,1-2H3,(H,32,33). The van der Waals surface area contributed by atoms with Gasteiger partial charge < -0.3 is 19.0 Å². The number of nitrogens with zero attached hydrogens (tertiary/aromatic N) is 2. The molecule has 1 atom stereocenters. The van der Waals surface area contributed by atoms with Crippen LogP contribution in [0.4, 0.5) is 13.2 Å². The molecule has 4 aromatic rings. The largest absolute Gasteiger partial charge is 0.478 e. The second-order valence-corrected chi connectivity index (χ2v) is 8.32. The summed E-state index contributed by atoms with van der Waals surface area (Å²) in [5, 5.41) is 17.3. The van der Waals surface area contributed by atoms with Crippen molar-refractivity contribution in [1.82, 2.24) is 10.2 Å². The lowest BCUT2D eigenvalue weighted by molar-refractivity contribution is -0.152. The van der Waals surface area contributed by atoms with Gasteiger partial charge in [-0.15, -0.1) is 10.2 Å². The highest BCUT2D eigenvalue weighted by Gasteiger charge is 2.31. The fraction of sp³-hybridized carbons (Fsp3) is 0.192. The van der Waals surface area contributed by atoms with Gasteiger partial charge in [0.15, 0.2) is 5.60 Å². The Morgan fingerprint density at radius 3 is 2.08 bits per heavy atom. The van der Waals surface area contributed by atoms with Crippen molar-refractivity contribution in [2.24, 2.45) is 0 Å². The number of benzene rings is 3. The lowest BCUT2D eigenvalue weighted by Gasteiger charge is -2.22. The van der Waals surface area contributed by atoms with Crippen LogP contribution in [0.3, 0.4) is 0 Å². The maximum absolute atomic E-state index is 12.9. The van der Waals surface area contributed by atoms with Crippen LogP contribution >= 0.6 is 0 Å². The van der Waals surface area contributed by atoms with Crippen LogP contribution in [0.5, 0.6) is 11.5 Å². The molecular formula is C26H21F3N2O5. The van der Waals surface area contributed by atoms with E-state index in [0.717, 1.165) is 12.1 Å². The Kier molecular flexibility index (Phi) is 6.69. The third kappa shape index (κ3) is 5.65. The molecule has 0 bridgehead atoms. The average molecular weight is 498 g/mol. The van der Waals surface area contributed by atoms with E-state index in [1.807, 2.05) is 18.2 Å². The van der Waals surface area contributed by atoms with E-state index < -0.39 is 29.4 Å². The van der Waals surface area contributed by atoms with Gasteiger partial charge in [-0.1, -0.05) is 30.3 Å². The normalized spacial score (nSPS) is 12.7. The number of alkyl halides is 3. The highest BCUT2D eigenvalue weighted by atomic mass is 19.4. The zero-order chi connectivity index (χ0) is 25.9. The smallest absolute Gasteiger partial charge is 0.416 e. The van der Waals surface area contributed by atoms with Gasteiger partial charge in [-0.05, 0) is 62.4 Å². The first-order valence-corrected chi connectivity index (χ1v) is 10.8. The number of ether oxygens (including phenoxy) is 2. The maximum Gasteiger partial charge on any atom is 0.416 e. The molecule has 0 aliphatic rings. The van der Waals surface area contributed by atoms with Crippen molar-refractivity contribution in [3.63, 3.8) is 0 Å². The molecule has 36 heavy (non-hydrogen) atoms. The average Bonchev–Trinajstić information content (AvgIpc) is 3.33. The van der Waals surface area contributed by atoms with Crippen LogP contribution in [-0.4, -0.2) is 26.9 Å². The molecule has 0 saturated carbocycles. The highest BCUT2D eigenvalue weighted by Crippen LogP contribution is 2.33. The molecule has 0 radical (unpaired) electrons. The summed E-state index contributed by atoms with van der Waals surface area (Å²) in [6.45, 7) is 2.88. The molecule has 1 heterocycles. The van der Waals surface area contributed by atoms with Crippen LogP contribution in [0.1, 0.15) is 37.0 Å². The molecule has 1 N–H and O–H groups in total. The third-order valence-electron chi connectivity index (χ3n) is 5.19. The van der Waals surface area contributed by atoms with Gasteiger partial charge in [0.05, 0.1) is 5.56 Å². The zero-order valence-corrected chi connectivity index (χ0v) is 19.2. The van der Waals surface area contributed by atoms with Gasteiger partial charge in [0.25, 0.3) is 5.89 Å². The quantitative estimate of drug-likeness (QED) is 0.311. The van der Waals surface area contributed by atoms with Gasteiger partial charge in [-0.25, -0.2) is 4.79 Å². The van der Waals surface area contributed by atoms with Crippen LogP contribution < -0.4 is 9.47 Å². The third-order valence-corrected chi connectivity index (χ3v) is 5.19. The summed E-state index contributed by atoms with van der Waals surface area (Å²) in [6.07, 6.45) is -5.27. The first kappa shape index (κ1) is 24.8. The van der Waals surface area contributed by atoms with E-state index in [4.69, 9.17) is 13.9 Å². The van der Waals surface area contributed by atoms with E-state index in [1.54, 1.807) is 36.4 Å². The molecule has 0 spiro atoms. The lowest BCUT2D eigenvalue weighted by atomic mass is 10.1. The number of rotatable bonds is 8. The van der Waals surface area contributed by atoms with Crippen molar-refractivity contribution >= 4 is 5.97 Å². The molecule has 10 heteroatoms. The number of carbonyl (C=O) groups is 1. The van der Waals surface area contributed by atoms with Crippen LogP contribution in [0, 0.1) is 0 Å². The first-order chi connectivity index (χ1) is 17.0. The monoisotopic (exact) mass is 498 g/mol. The van der Waals surface area contributed by atoms with E-state index in [0.29, 0.717) is 22.6 Å². The van der Waals surface area contributed by atoms with Crippen molar-refractivity contribution in [2.75, 3.05) is 0 Å². The molecule has 0 saturated heterocycles. The van der Waals surface area contributed by atoms with Gasteiger partial charge in [0.1, 0.15) is 11.5 Å². The number of hydrogen-bond acceptors (Lipinski definition) is 6. The molecule has 1 unspecified atom stereocenters. The second kappa shape index (κ2) is 9.73. The van der Waals surface area contributed by atoms with E-state index in [9.17, 15) is 23.1 Å². The van der Waals surface area contributed by atoms with Crippen molar-refractivity contribution in [3.8, 4) is 23.0 Å². The van der Waals surface area contributed by atoms with Gasteiger partial charge in [-0.3, -0.25) is 0 Å². The zero-order valence-electron chi connectivity index (χ0n) is 19.2. The maximum atomic E-state index is 12.9. The summed E-state index contributed by atoms with van der Waals surface area (Å²) in [7, 11) is 0. The molecule has 3 aromatic carbocycles. The van der Waals surface area contributed by atoms with Crippen molar-refractivity contribution in [2.45, 2.75) is 31.7 Å². The van der Waals surface area contributed by atoms with Gasteiger partial charge in [0, 0.05) is 11.1 Å². The van der Waals surface area contributed by atoms with E-state index >= 15 is 0 Å². The number of halogens is 3. The summed E-state index contributed by atoms with van der Waals surface area (Å²) in [5.74, 6) is -0.203. The van der Waals surface area contributed by atoms with Crippen molar-refractivity contribution < 1.29 is 37.0 Å². The Bertz CT molecular complexity index is 1320. The number of carboxylic acids is 1. The molecule has 0 aliphatic carbocycles. The van der Waals surface area contributed by atoms with Gasteiger partial charge in [0.2, 0.25) is 12.0 Å². The van der Waals surface area contributed by atoms with Gasteiger partial charge in [-0.2, -0.15) is 13.2 Å². The van der Waals surface area contributed by atoms with Crippen LogP contribution in [0.15, 0.2) is 83.3 Å². The Morgan fingerprint density at radius 2 is 1.50 bits per heavy atom. The molecule has 0 amide bonds. The molecule has 1 aromatic heterocycles. The summed E-state index contributed by atoms with van der Waals surface area (Å²) < 4.78 is 56.0. The molecule has 4 rings (SSSR count). The number of carboxylic acid groups (broad SMARTS) is 1. The molecule has 186 valence electrons. The number of hydrogen-bond donors (Lipinski definition) is 1. The number of aromatic nitrogens is 2. The van der Waals surface area contributed by atoms with E-state index in [1.165, 1.54) is 26.0 Å². The fourth-order valence-electron chi connectivity index (χ4n) is 3.21. The van der Waals surface area contributed by atoms with E-state index in [2.05, 4.69) is 10.2 Å². The Hall–Kier alpha value is -4.34. The predicted octanol–water partition coefficient (Wildman–Crippen LogP) is 6.17. The minimum absolute atomic E-state index is 0.0444. The lowest BCUT2D eigenvalue weighted by Crippen LogP contribution is -2.37. The highest BCUT2D eigenvalue weighted by molar-refractivity contribution is 5.76. The molecule has 0 aliphatic heterocycles. The second-order valence-electron chi connectivity index (χ2n) is 8.32. The minimum Gasteiger partial charge on any atom is -0.478 e. The summed E-state index contributed by atoms with van der Waals surface area (Å²) in [4.78, 5) is 11.3. The number of aliphatic carboxylic acids is 1.